The van der Waals surface area contributed by atoms with Crippen LogP contribution in [0.3, 0.4) is 0 Å². The fourth-order valence-corrected chi connectivity index (χ4v) is 4.55. The van der Waals surface area contributed by atoms with E-state index in [2.05, 4.69) is 103 Å². The van der Waals surface area contributed by atoms with Crippen LogP contribution in [-0.4, -0.2) is 18.8 Å². The second-order valence-electron chi connectivity index (χ2n) is 8.26. The minimum Gasteiger partial charge on any atom is -0.368 e. The summed E-state index contributed by atoms with van der Waals surface area (Å²) in [6.45, 7) is 9.72. The zero-order chi connectivity index (χ0) is 20.9. The van der Waals surface area contributed by atoms with Crippen molar-refractivity contribution in [1.29, 1.82) is 0 Å². The largest absolute Gasteiger partial charge is 0.368 e. The molecule has 2 aliphatic carbocycles. The van der Waals surface area contributed by atoms with Gasteiger partial charge in [0.25, 0.3) is 0 Å². The number of anilines is 1. The van der Waals surface area contributed by atoms with Crippen molar-refractivity contribution >= 4 is 17.6 Å². The summed E-state index contributed by atoms with van der Waals surface area (Å²) < 4.78 is 0. The van der Waals surface area contributed by atoms with Crippen LogP contribution >= 0.6 is 0 Å². The lowest BCUT2D eigenvalue weighted by molar-refractivity contribution is 0.786. The monoisotopic (exact) mass is 396 g/mol. The minimum atomic E-state index is 0.601. The lowest BCUT2D eigenvalue weighted by atomic mass is 10.0. The first-order chi connectivity index (χ1) is 14.7. The van der Waals surface area contributed by atoms with E-state index < -0.39 is 0 Å². The zero-order valence-electron chi connectivity index (χ0n) is 18.2. The molecule has 30 heavy (non-hydrogen) atoms. The second-order valence-corrected chi connectivity index (χ2v) is 8.26. The van der Waals surface area contributed by atoms with Crippen LogP contribution in [0.1, 0.15) is 43.4 Å². The molecule has 2 nitrogen and oxygen atoms in total. The molecule has 2 aromatic carbocycles. The molecule has 0 saturated heterocycles. The Bertz CT molecular complexity index is 946. The predicted molar refractivity (Wildman–Crippen MR) is 130 cm³/mol. The predicted octanol–water partition coefficient (Wildman–Crippen LogP) is 6.69. The number of hydrogen-bond donors (Lipinski definition) is 0. The first-order valence-electron chi connectivity index (χ1n) is 11.3. The molecule has 0 aromatic heterocycles. The van der Waals surface area contributed by atoms with E-state index in [0.717, 1.165) is 29.8 Å². The summed E-state index contributed by atoms with van der Waals surface area (Å²) in [5, 5.41) is 0. The minimum absolute atomic E-state index is 0.601. The highest BCUT2D eigenvalue weighted by atomic mass is 15.2. The average molecular weight is 397 g/mol. The number of allylic oxidation sites excluding steroid dienone is 2. The van der Waals surface area contributed by atoms with Crippen LogP contribution in [0.4, 0.5) is 5.69 Å². The van der Waals surface area contributed by atoms with Crippen LogP contribution in [0.15, 0.2) is 84.4 Å². The number of aliphatic imine (C=N–C) groups is 1. The molecule has 2 atom stereocenters. The van der Waals surface area contributed by atoms with Gasteiger partial charge in [-0.1, -0.05) is 80.6 Å². The van der Waals surface area contributed by atoms with Gasteiger partial charge in [0.05, 0.1) is 5.70 Å². The maximum Gasteiger partial charge on any atom is 0.0633 e. The lowest BCUT2D eigenvalue weighted by Crippen LogP contribution is -2.27. The van der Waals surface area contributed by atoms with Crippen molar-refractivity contribution in [1.82, 2.24) is 0 Å². The Morgan fingerprint density at radius 1 is 1.00 bits per heavy atom. The van der Waals surface area contributed by atoms with E-state index in [4.69, 9.17) is 0 Å². The van der Waals surface area contributed by atoms with Gasteiger partial charge in [0.2, 0.25) is 0 Å². The Hall–Kier alpha value is -2.87. The number of rotatable bonds is 9. The second kappa shape index (κ2) is 9.30. The average Bonchev–Trinajstić information content (AvgIpc) is 3.52. The molecule has 0 spiro atoms. The quantitative estimate of drug-likeness (QED) is 0.431. The third kappa shape index (κ3) is 4.33. The van der Waals surface area contributed by atoms with Crippen LogP contribution in [-0.2, 0) is 6.42 Å². The normalized spacial score (nSPS) is 21.6. The van der Waals surface area contributed by atoms with Gasteiger partial charge in [-0.15, -0.1) is 0 Å². The summed E-state index contributed by atoms with van der Waals surface area (Å²) in [4.78, 5) is 7.21. The third-order valence-electron chi connectivity index (χ3n) is 6.29. The van der Waals surface area contributed by atoms with Crippen LogP contribution in [0.25, 0.3) is 5.70 Å². The Morgan fingerprint density at radius 3 is 2.37 bits per heavy atom. The number of hydrogen-bond acceptors (Lipinski definition) is 2. The number of unbranched alkanes of at least 4 members (excludes halogenated alkanes) is 1. The van der Waals surface area contributed by atoms with Gasteiger partial charge in [-0.05, 0) is 43.0 Å². The van der Waals surface area contributed by atoms with Crippen molar-refractivity contribution < 1.29 is 0 Å². The number of benzene rings is 2. The highest BCUT2D eigenvalue weighted by Gasteiger charge is 2.50. The molecule has 154 valence electrons. The molecular formula is C28H32N2. The molecule has 1 fully saturated rings. The fraction of sp³-hybridized carbons (Fsp3) is 0.321. The van der Waals surface area contributed by atoms with Crippen molar-refractivity contribution in [3.8, 4) is 0 Å². The zero-order valence-corrected chi connectivity index (χ0v) is 18.2. The molecule has 2 aromatic rings. The number of nitrogens with zero attached hydrogens (tertiary/aromatic N) is 2. The molecule has 2 heteroatoms. The first kappa shape index (κ1) is 20.4. The SMILES string of the molecule is C=C(N=Cc1ccc(N(CC)C2C3C=CC=CC32)cc1)c1ccccc1CCCC. The summed E-state index contributed by atoms with van der Waals surface area (Å²) in [6, 6.07) is 17.9. The molecule has 0 bridgehead atoms. The van der Waals surface area contributed by atoms with E-state index in [1.165, 1.54) is 24.1 Å². The molecule has 0 radical (unpaired) electrons. The fourth-order valence-electron chi connectivity index (χ4n) is 4.55. The molecule has 4 rings (SSSR count). The van der Waals surface area contributed by atoms with Gasteiger partial charge < -0.3 is 4.90 Å². The van der Waals surface area contributed by atoms with Crippen LogP contribution in [0.2, 0.25) is 0 Å². The van der Waals surface area contributed by atoms with E-state index in [0.29, 0.717) is 17.9 Å². The summed E-state index contributed by atoms with van der Waals surface area (Å²) in [5.41, 5.74) is 5.73. The highest BCUT2D eigenvalue weighted by molar-refractivity contribution is 5.85. The van der Waals surface area contributed by atoms with Crippen LogP contribution in [0.5, 0.6) is 0 Å². The molecule has 0 aliphatic heterocycles. The van der Waals surface area contributed by atoms with Crippen molar-refractivity contribution in [2.24, 2.45) is 16.8 Å². The molecular weight excluding hydrogens is 364 g/mol. The van der Waals surface area contributed by atoms with Crippen molar-refractivity contribution in [3.05, 3.63) is 96.1 Å². The van der Waals surface area contributed by atoms with Gasteiger partial charge in [0, 0.05) is 41.9 Å². The third-order valence-corrected chi connectivity index (χ3v) is 6.29. The lowest BCUT2D eigenvalue weighted by Gasteiger charge is -2.24. The van der Waals surface area contributed by atoms with Crippen molar-refractivity contribution in [2.45, 2.75) is 39.2 Å². The van der Waals surface area contributed by atoms with Gasteiger partial charge >= 0.3 is 0 Å². The van der Waals surface area contributed by atoms with E-state index >= 15 is 0 Å². The number of fused-ring (bicyclic) bond motifs is 1. The van der Waals surface area contributed by atoms with Gasteiger partial charge in [0.15, 0.2) is 0 Å². The Labute approximate surface area is 181 Å². The topological polar surface area (TPSA) is 15.6 Å². The van der Waals surface area contributed by atoms with Gasteiger partial charge in [-0.3, -0.25) is 4.99 Å². The Kier molecular flexibility index (Phi) is 6.32. The molecule has 1 saturated carbocycles. The van der Waals surface area contributed by atoms with Gasteiger partial charge in [-0.25, -0.2) is 0 Å². The molecule has 2 unspecified atom stereocenters. The van der Waals surface area contributed by atoms with E-state index in [-0.39, 0.29) is 0 Å². The summed E-state index contributed by atoms with van der Waals surface area (Å²) in [7, 11) is 0. The Balaban J connectivity index is 1.43. The van der Waals surface area contributed by atoms with Gasteiger partial charge in [-0.2, -0.15) is 0 Å². The molecule has 2 aliphatic rings. The van der Waals surface area contributed by atoms with E-state index in [1.54, 1.807) is 0 Å². The van der Waals surface area contributed by atoms with E-state index in [9.17, 15) is 0 Å². The standard InChI is InChI=1S/C28H32N2/c1-4-6-11-23-12-7-8-13-25(23)21(3)29-20-22-16-18-24(19-17-22)30(5-2)28-26-14-9-10-15-27(26)28/h7-10,12-20,26-28H,3-6,11H2,1-2H3. The van der Waals surface area contributed by atoms with Gasteiger partial charge in [0.1, 0.15) is 0 Å². The molecule has 0 heterocycles. The summed E-state index contributed by atoms with van der Waals surface area (Å²) in [6.07, 6.45) is 14.5. The highest BCUT2D eigenvalue weighted by Crippen LogP contribution is 2.48. The van der Waals surface area contributed by atoms with Crippen molar-refractivity contribution in [3.63, 3.8) is 0 Å². The van der Waals surface area contributed by atoms with Crippen LogP contribution < -0.4 is 4.90 Å². The molecule has 0 N–H and O–H groups in total. The van der Waals surface area contributed by atoms with Crippen molar-refractivity contribution in [2.75, 3.05) is 11.4 Å². The summed E-state index contributed by atoms with van der Waals surface area (Å²) in [5.74, 6) is 1.35. The first-order valence-corrected chi connectivity index (χ1v) is 11.3. The maximum atomic E-state index is 4.68. The maximum absolute atomic E-state index is 4.68. The van der Waals surface area contributed by atoms with Crippen LogP contribution in [0, 0.1) is 11.8 Å². The molecule has 0 amide bonds. The Morgan fingerprint density at radius 2 is 1.70 bits per heavy atom. The smallest absolute Gasteiger partial charge is 0.0633 e. The van der Waals surface area contributed by atoms with E-state index in [1.807, 2.05) is 6.21 Å². The summed E-state index contributed by atoms with van der Waals surface area (Å²) >= 11 is 0. The number of aryl methyl sites for hydroxylation is 1.